The van der Waals surface area contributed by atoms with Gasteiger partial charge in [-0.05, 0) is 36.1 Å². The van der Waals surface area contributed by atoms with Crippen LogP contribution >= 0.6 is 32.9 Å². The third-order valence-electron chi connectivity index (χ3n) is 4.19. The van der Waals surface area contributed by atoms with Gasteiger partial charge in [0.2, 0.25) is 0 Å². The van der Waals surface area contributed by atoms with Gasteiger partial charge in [-0.25, -0.2) is 8.42 Å². The summed E-state index contributed by atoms with van der Waals surface area (Å²) in [6.45, 7) is 2.20. The average molecular weight is 455 g/mol. The van der Waals surface area contributed by atoms with Crippen LogP contribution < -0.4 is 34.3 Å². The van der Waals surface area contributed by atoms with Gasteiger partial charge in [-0.1, -0.05) is 71.6 Å². The summed E-state index contributed by atoms with van der Waals surface area (Å²) in [5.74, 6) is 0.0756. The molecule has 0 amide bonds. The van der Waals surface area contributed by atoms with Gasteiger partial charge in [0.1, 0.15) is 19.7 Å². The van der Waals surface area contributed by atoms with E-state index >= 15 is 0 Å². The second kappa shape index (κ2) is 12.0. The summed E-state index contributed by atoms with van der Waals surface area (Å²) in [6.07, 6.45) is 7.64. The van der Waals surface area contributed by atoms with Gasteiger partial charge >= 0.3 is 29.6 Å². The van der Waals surface area contributed by atoms with Crippen molar-refractivity contribution in [2.75, 3.05) is 7.11 Å². The monoisotopic (exact) mass is 454 g/mol. The van der Waals surface area contributed by atoms with E-state index in [4.69, 9.17) is 17.0 Å². The Kier molecular flexibility index (Phi) is 11.2. The molecule has 0 N–H and O–H groups in total. The summed E-state index contributed by atoms with van der Waals surface area (Å²) in [4.78, 5) is 0.960. The summed E-state index contributed by atoms with van der Waals surface area (Å²) in [7, 11) is 0.0605. The second-order valence-corrected chi connectivity index (χ2v) is 10.4. The number of aryl methyl sites for hydroxylation is 1. The van der Waals surface area contributed by atoms with E-state index < -0.39 is 10.1 Å². The van der Waals surface area contributed by atoms with Gasteiger partial charge in [0.25, 0.3) is 0 Å². The Balaban J connectivity index is 0.00000364. The van der Waals surface area contributed by atoms with E-state index in [1.165, 1.54) is 49.8 Å². The zero-order valence-electron chi connectivity index (χ0n) is 15.9. The molecule has 4 nitrogen and oxygen atoms in total. The van der Waals surface area contributed by atoms with Crippen molar-refractivity contribution in [3.63, 3.8) is 0 Å². The van der Waals surface area contributed by atoms with Crippen LogP contribution in [0, 0.1) is 3.82 Å². The maximum absolute atomic E-state index is 11.5. The molecule has 0 radical (unpaired) electrons. The zero-order chi connectivity index (χ0) is 19.2. The normalized spacial score (nSPS) is 11.2. The molecule has 1 aromatic carbocycles. The minimum atomic E-state index is -4.59. The van der Waals surface area contributed by atoms with Gasteiger partial charge in [-0.2, -0.15) is 0 Å². The third-order valence-corrected chi connectivity index (χ3v) is 8.34. The van der Waals surface area contributed by atoms with Crippen molar-refractivity contribution in [3.05, 3.63) is 38.0 Å². The largest absolute Gasteiger partial charge is 1.00 e. The maximum atomic E-state index is 11.5. The molecule has 0 saturated carbocycles. The van der Waals surface area contributed by atoms with Crippen molar-refractivity contribution in [2.24, 2.45) is 0 Å². The summed E-state index contributed by atoms with van der Waals surface area (Å²) in [5.41, 5.74) is 1.84. The van der Waals surface area contributed by atoms with E-state index in [0.29, 0.717) is 6.42 Å². The molecule has 1 heterocycles. The predicted octanol–water partition coefficient (Wildman–Crippen LogP) is 2.56. The quantitative estimate of drug-likeness (QED) is 0.181. The number of unbranched alkanes of at least 4 members (excludes halogenated alkanes) is 4. The Morgan fingerprint density at radius 2 is 1.85 bits per heavy atom. The first kappa shape index (κ1) is 25.2. The molecule has 9 heteroatoms. The van der Waals surface area contributed by atoms with Crippen molar-refractivity contribution in [1.82, 2.24) is 0 Å². The molecule has 0 bridgehead atoms. The van der Waals surface area contributed by atoms with Crippen LogP contribution in [-0.4, -0.2) is 20.1 Å². The molecule has 2 aromatic rings. The molecular weight excluding hydrogens is 431 g/mol. The summed E-state index contributed by atoms with van der Waals surface area (Å²) >= 11 is 5.47. The topological polar surface area (TPSA) is 66.4 Å². The molecule has 0 unspecified atom stereocenters. The standard InChI is InChI=1S/C18H24O4S4.Na/c1-3-4-5-6-7-8-16-14(18(23)25-24-16)11-13-9-10-15(22-2)17(12-13)26(19,20)21;/h9-10,12H,3-8,11H2,1-2H3,(H,19,20,21);/q;+1/p-1. The molecule has 1 aromatic heterocycles. The number of ether oxygens (including phenoxy) is 1. The Morgan fingerprint density at radius 1 is 1.15 bits per heavy atom. The number of benzene rings is 1. The van der Waals surface area contributed by atoms with Crippen molar-refractivity contribution in [2.45, 2.75) is 56.8 Å². The van der Waals surface area contributed by atoms with Crippen LogP contribution in [0.25, 0.3) is 0 Å². The van der Waals surface area contributed by atoms with Gasteiger partial charge < -0.3 is 9.29 Å². The SMILES string of the molecule is CCCCCCCc1ssc(=S)c1Cc1ccc(OC)c(S(=O)(=O)[O-])c1.[Na+]. The fraction of sp³-hybridized carbons (Fsp3) is 0.500. The van der Waals surface area contributed by atoms with Crippen LogP contribution in [0.3, 0.4) is 0 Å². The van der Waals surface area contributed by atoms with Crippen LogP contribution in [-0.2, 0) is 23.0 Å². The average Bonchev–Trinajstić information content (AvgIpc) is 2.94. The van der Waals surface area contributed by atoms with E-state index in [1.807, 2.05) is 0 Å². The molecule has 0 aliphatic carbocycles. The van der Waals surface area contributed by atoms with Gasteiger partial charge in [0, 0.05) is 11.3 Å². The van der Waals surface area contributed by atoms with Crippen LogP contribution in [0.15, 0.2) is 23.1 Å². The van der Waals surface area contributed by atoms with Crippen molar-refractivity contribution in [3.8, 4) is 5.75 Å². The molecular formula is C18H23NaO4S4. The van der Waals surface area contributed by atoms with Crippen LogP contribution in [0.1, 0.15) is 55.0 Å². The molecule has 0 spiro atoms. The van der Waals surface area contributed by atoms with E-state index in [0.717, 1.165) is 27.8 Å². The third kappa shape index (κ3) is 7.51. The number of hydrogen-bond acceptors (Lipinski definition) is 7. The van der Waals surface area contributed by atoms with E-state index in [-0.39, 0.29) is 40.2 Å². The molecule has 2 rings (SSSR count). The first-order chi connectivity index (χ1) is 12.4. The van der Waals surface area contributed by atoms with Crippen molar-refractivity contribution in [1.29, 1.82) is 0 Å². The van der Waals surface area contributed by atoms with Gasteiger partial charge in [0.15, 0.2) is 0 Å². The number of methoxy groups -OCH3 is 1. The second-order valence-electron chi connectivity index (χ2n) is 6.14. The zero-order valence-corrected chi connectivity index (χ0v) is 21.2. The van der Waals surface area contributed by atoms with Crippen LogP contribution in [0.5, 0.6) is 5.75 Å². The van der Waals surface area contributed by atoms with Gasteiger partial charge in [-0.15, -0.1) is 0 Å². The Bertz CT molecular complexity index is 887. The first-order valence-corrected chi connectivity index (χ1v) is 12.6. The minimum absolute atomic E-state index is 0. The maximum Gasteiger partial charge on any atom is 1.00 e. The summed E-state index contributed by atoms with van der Waals surface area (Å²) < 4.78 is 40.3. The van der Waals surface area contributed by atoms with E-state index in [2.05, 4.69) is 6.92 Å². The fourth-order valence-electron chi connectivity index (χ4n) is 2.79. The molecule has 27 heavy (non-hydrogen) atoms. The fourth-order valence-corrected chi connectivity index (χ4v) is 6.47. The Morgan fingerprint density at radius 3 is 2.48 bits per heavy atom. The van der Waals surface area contributed by atoms with E-state index in [9.17, 15) is 13.0 Å². The molecule has 0 fully saturated rings. The van der Waals surface area contributed by atoms with Crippen LogP contribution in [0.2, 0.25) is 0 Å². The smallest absolute Gasteiger partial charge is 0.744 e. The molecule has 0 aliphatic heterocycles. The van der Waals surface area contributed by atoms with Crippen molar-refractivity contribution < 1.29 is 47.3 Å². The summed E-state index contributed by atoms with van der Waals surface area (Å²) in [5, 5.41) is 0. The first-order valence-electron chi connectivity index (χ1n) is 8.60. The van der Waals surface area contributed by atoms with Crippen LogP contribution in [0.4, 0.5) is 0 Å². The molecule has 0 aliphatic rings. The molecule has 144 valence electrons. The van der Waals surface area contributed by atoms with Crippen molar-refractivity contribution >= 4 is 43.0 Å². The van der Waals surface area contributed by atoms with Gasteiger partial charge in [0.05, 0.1) is 12.0 Å². The van der Waals surface area contributed by atoms with E-state index in [1.54, 1.807) is 26.7 Å². The van der Waals surface area contributed by atoms with Gasteiger partial charge in [-0.3, -0.25) is 0 Å². The minimum Gasteiger partial charge on any atom is -0.744 e. The molecule has 0 atom stereocenters. The number of hydrogen-bond donors (Lipinski definition) is 0. The number of rotatable bonds is 10. The Hall–Kier alpha value is 0.200. The molecule has 0 saturated heterocycles. The Labute approximate surface area is 196 Å². The predicted molar refractivity (Wildman–Crippen MR) is 109 cm³/mol. The summed E-state index contributed by atoms with van der Waals surface area (Å²) in [6, 6.07) is 4.72.